The Morgan fingerprint density at radius 2 is 1.63 bits per heavy atom. The molecule has 1 saturated heterocycles. The van der Waals surface area contributed by atoms with Crippen LogP contribution in [0.4, 0.5) is 14.5 Å². The van der Waals surface area contributed by atoms with Crippen molar-refractivity contribution in [3.05, 3.63) is 107 Å². The highest BCUT2D eigenvalue weighted by Crippen LogP contribution is 2.42. The Morgan fingerprint density at radius 1 is 0.933 bits per heavy atom. The third kappa shape index (κ3) is 3.26. The van der Waals surface area contributed by atoms with Gasteiger partial charge in [-0.05, 0) is 55.0 Å². The first-order chi connectivity index (χ1) is 14.4. The second-order valence-electron chi connectivity index (χ2n) is 7.04. The van der Waals surface area contributed by atoms with Crippen molar-refractivity contribution in [1.29, 1.82) is 0 Å². The van der Waals surface area contributed by atoms with Gasteiger partial charge in [0.2, 0.25) is 0 Å². The Bertz CT molecular complexity index is 1190. The van der Waals surface area contributed by atoms with E-state index >= 15 is 0 Å². The van der Waals surface area contributed by atoms with Crippen molar-refractivity contribution in [2.75, 3.05) is 4.90 Å². The molecule has 1 aliphatic rings. The van der Waals surface area contributed by atoms with Crippen molar-refractivity contribution in [1.82, 2.24) is 0 Å². The zero-order valence-corrected chi connectivity index (χ0v) is 16.0. The average Bonchev–Trinajstić information content (AvgIpc) is 2.99. The van der Waals surface area contributed by atoms with Gasteiger partial charge in [-0.2, -0.15) is 0 Å². The minimum Gasteiger partial charge on any atom is -0.507 e. The van der Waals surface area contributed by atoms with E-state index in [1.54, 1.807) is 24.3 Å². The maximum absolute atomic E-state index is 14.8. The fourth-order valence-corrected chi connectivity index (χ4v) is 3.63. The number of aliphatic hydroxyl groups excluding tert-OH is 1. The number of rotatable bonds is 3. The summed E-state index contributed by atoms with van der Waals surface area (Å²) in [5, 5.41) is 10.9. The molecule has 0 saturated carbocycles. The molecule has 3 aromatic rings. The number of hydrogen-bond donors (Lipinski definition) is 1. The highest BCUT2D eigenvalue weighted by Gasteiger charge is 2.47. The molecule has 0 bridgehead atoms. The zero-order valence-electron chi connectivity index (χ0n) is 16.0. The molecule has 0 spiro atoms. The predicted octanol–water partition coefficient (Wildman–Crippen LogP) is 4.90. The minimum absolute atomic E-state index is 0.0712. The fraction of sp³-hybridized carbons (Fsp3) is 0.0833. The van der Waals surface area contributed by atoms with Crippen molar-refractivity contribution in [3.8, 4) is 0 Å². The number of anilines is 1. The van der Waals surface area contributed by atoms with Crippen molar-refractivity contribution < 1.29 is 23.5 Å². The summed E-state index contributed by atoms with van der Waals surface area (Å²) in [4.78, 5) is 27.1. The molecule has 30 heavy (non-hydrogen) atoms. The van der Waals surface area contributed by atoms with E-state index in [-0.39, 0.29) is 16.7 Å². The lowest BCUT2D eigenvalue weighted by atomic mass is 9.94. The molecule has 1 unspecified atom stereocenters. The van der Waals surface area contributed by atoms with E-state index in [9.17, 15) is 23.5 Å². The molecule has 1 N–H and O–H groups in total. The molecule has 150 valence electrons. The minimum atomic E-state index is -1.17. The molecule has 1 aliphatic heterocycles. The number of benzene rings is 3. The van der Waals surface area contributed by atoms with Crippen LogP contribution in [-0.2, 0) is 9.59 Å². The normalized spacial score (nSPS) is 18.1. The van der Waals surface area contributed by atoms with Crippen molar-refractivity contribution in [2.45, 2.75) is 13.0 Å². The SMILES string of the molecule is Cc1cccc(N2C(=O)C(=O)/C(=C(/O)c3ccc(F)cc3)C2c2ccccc2F)c1. The molecule has 1 fully saturated rings. The summed E-state index contributed by atoms with van der Waals surface area (Å²) in [5.41, 5.74) is 1.23. The van der Waals surface area contributed by atoms with E-state index in [1.807, 2.05) is 13.0 Å². The van der Waals surface area contributed by atoms with Crippen LogP contribution < -0.4 is 4.90 Å². The first-order valence-electron chi connectivity index (χ1n) is 9.26. The third-order valence-corrected chi connectivity index (χ3v) is 5.04. The lowest BCUT2D eigenvalue weighted by molar-refractivity contribution is -0.132. The maximum Gasteiger partial charge on any atom is 0.300 e. The number of aryl methyl sites for hydroxylation is 1. The lowest BCUT2D eigenvalue weighted by Gasteiger charge is -2.26. The Balaban J connectivity index is 1.98. The number of halogens is 2. The molecule has 1 atom stereocenters. The van der Waals surface area contributed by atoms with Crippen LogP contribution in [0.15, 0.2) is 78.4 Å². The van der Waals surface area contributed by atoms with Crippen LogP contribution in [0.1, 0.15) is 22.7 Å². The first kappa shape index (κ1) is 19.5. The molecular formula is C24H17F2NO3. The monoisotopic (exact) mass is 405 g/mol. The van der Waals surface area contributed by atoms with E-state index in [2.05, 4.69) is 0 Å². The summed E-state index contributed by atoms with van der Waals surface area (Å²) in [5.74, 6) is -3.44. The van der Waals surface area contributed by atoms with Crippen LogP contribution in [-0.4, -0.2) is 16.8 Å². The summed E-state index contributed by atoms with van der Waals surface area (Å²) in [7, 11) is 0. The molecule has 0 radical (unpaired) electrons. The van der Waals surface area contributed by atoms with Gasteiger partial charge in [-0.3, -0.25) is 14.5 Å². The fourth-order valence-electron chi connectivity index (χ4n) is 3.63. The van der Waals surface area contributed by atoms with E-state index in [0.717, 1.165) is 17.7 Å². The van der Waals surface area contributed by atoms with Gasteiger partial charge in [0.05, 0.1) is 11.6 Å². The van der Waals surface area contributed by atoms with Crippen molar-refractivity contribution >= 4 is 23.1 Å². The summed E-state index contributed by atoms with van der Waals surface area (Å²) in [6, 6.07) is 16.4. The van der Waals surface area contributed by atoms with Gasteiger partial charge in [0.1, 0.15) is 17.4 Å². The van der Waals surface area contributed by atoms with E-state index < -0.39 is 35.1 Å². The topological polar surface area (TPSA) is 57.6 Å². The number of carbonyl (C=O) groups is 2. The van der Waals surface area contributed by atoms with Gasteiger partial charge in [-0.1, -0.05) is 30.3 Å². The van der Waals surface area contributed by atoms with Gasteiger partial charge >= 0.3 is 0 Å². The summed E-state index contributed by atoms with van der Waals surface area (Å²) >= 11 is 0. The number of carbonyl (C=O) groups excluding carboxylic acids is 2. The molecule has 0 aromatic heterocycles. The molecular weight excluding hydrogens is 388 g/mol. The van der Waals surface area contributed by atoms with E-state index in [1.165, 1.54) is 35.2 Å². The smallest absolute Gasteiger partial charge is 0.300 e. The second-order valence-corrected chi connectivity index (χ2v) is 7.04. The first-order valence-corrected chi connectivity index (χ1v) is 9.26. The summed E-state index contributed by atoms with van der Waals surface area (Å²) in [6.45, 7) is 1.83. The number of hydrogen-bond acceptors (Lipinski definition) is 3. The lowest BCUT2D eigenvalue weighted by Crippen LogP contribution is -2.29. The molecule has 1 heterocycles. The molecule has 1 amide bonds. The Morgan fingerprint density at radius 3 is 2.30 bits per heavy atom. The number of nitrogens with zero attached hydrogens (tertiary/aromatic N) is 1. The van der Waals surface area contributed by atoms with Crippen LogP contribution in [0.3, 0.4) is 0 Å². The Hall–Kier alpha value is -3.80. The molecule has 6 heteroatoms. The van der Waals surface area contributed by atoms with Gasteiger partial charge in [-0.25, -0.2) is 8.78 Å². The van der Waals surface area contributed by atoms with Crippen molar-refractivity contribution in [3.63, 3.8) is 0 Å². The van der Waals surface area contributed by atoms with Gasteiger partial charge in [0, 0.05) is 16.8 Å². The van der Waals surface area contributed by atoms with Crippen LogP contribution in [0.25, 0.3) is 5.76 Å². The zero-order chi connectivity index (χ0) is 21.4. The van der Waals surface area contributed by atoms with Crippen LogP contribution >= 0.6 is 0 Å². The highest BCUT2D eigenvalue weighted by molar-refractivity contribution is 6.51. The largest absolute Gasteiger partial charge is 0.507 e. The summed E-state index contributed by atoms with van der Waals surface area (Å²) in [6.07, 6.45) is 0. The second kappa shape index (κ2) is 7.55. The predicted molar refractivity (Wildman–Crippen MR) is 109 cm³/mol. The number of aliphatic hydroxyl groups is 1. The third-order valence-electron chi connectivity index (χ3n) is 5.04. The van der Waals surface area contributed by atoms with Crippen LogP contribution in [0.5, 0.6) is 0 Å². The van der Waals surface area contributed by atoms with E-state index in [0.29, 0.717) is 5.69 Å². The highest BCUT2D eigenvalue weighted by atomic mass is 19.1. The molecule has 0 aliphatic carbocycles. The van der Waals surface area contributed by atoms with Gasteiger partial charge in [0.15, 0.2) is 0 Å². The molecule has 4 nitrogen and oxygen atoms in total. The summed E-state index contributed by atoms with van der Waals surface area (Å²) < 4.78 is 28.1. The van der Waals surface area contributed by atoms with E-state index in [4.69, 9.17) is 0 Å². The van der Waals surface area contributed by atoms with Gasteiger partial charge in [0.25, 0.3) is 11.7 Å². The van der Waals surface area contributed by atoms with Crippen LogP contribution in [0, 0.1) is 18.6 Å². The van der Waals surface area contributed by atoms with Crippen LogP contribution in [0.2, 0.25) is 0 Å². The number of amides is 1. The number of Topliss-reactive ketones (excluding diaryl/α,β-unsaturated/α-hetero) is 1. The molecule has 3 aromatic carbocycles. The molecule has 4 rings (SSSR count). The van der Waals surface area contributed by atoms with Gasteiger partial charge in [-0.15, -0.1) is 0 Å². The number of ketones is 1. The Kier molecular flexibility index (Phi) is 4.91. The Labute approximate surface area is 171 Å². The quantitative estimate of drug-likeness (QED) is 0.383. The average molecular weight is 405 g/mol. The maximum atomic E-state index is 14.8. The van der Waals surface area contributed by atoms with Gasteiger partial charge < -0.3 is 5.11 Å². The van der Waals surface area contributed by atoms with Crippen molar-refractivity contribution in [2.24, 2.45) is 0 Å². The standard InChI is InChI=1S/C24H17F2NO3/c1-14-5-4-6-17(13-14)27-21(18-7-2-3-8-19(18)26)20(23(29)24(27)30)22(28)15-9-11-16(25)12-10-15/h2-13,21,28H,1H3/b22-20+.